The molecule has 114 valence electrons. The van der Waals surface area contributed by atoms with Gasteiger partial charge in [-0.25, -0.2) is 9.18 Å². The highest BCUT2D eigenvalue weighted by Crippen LogP contribution is 2.06. The lowest BCUT2D eigenvalue weighted by Crippen LogP contribution is -2.23. The fourth-order valence-corrected chi connectivity index (χ4v) is 1.96. The molecule has 5 heteroatoms. The van der Waals surface area contributed by atoms with Gasteiger partial charge in [-0.15, -0.1) is 0 Å². The number of carboxylic acid groups (broad SMARTS) is 1. The highest BCUT2D eigenvalue weighted by molar-refractivity contribution is 5.87. The second-order valence-electron chi connectivity index (χ2n) is 4.91. The molecule has 0 fully saturated rings. The number of aryl methyl sites for hydroxylation is 1. The predicted octanol–water partition coefficient (Wildman–Crippen LogP) is 2.77. The quantitative estimate of drug-likeness (QED) is 0.862. The summed E-state index contributed by atoms with van der Waals surface area (Å²) in [7, 11) is 0. The van der Waals surface area contributed by atoms with Crippen LogP contribution in [0.5, 0.6) is 0 Å². The Kier molecular flexibility index (Phi) is 5.25. The van der Waals surface area contributed by atoms with Gasteiger partial charge in [-0.1, -0.05) is 24.3 Å². The van der Waals surface area contributed by atoms with E-state index >= 15 is 0 Å². The summed E-state index contributed by atoms with van der Waals surface area (Å²) >= 11 is 0. The molecule has 1 amide bonds. The summed E-state index contributed by atoms with van der Waals surface area (Å²) in [6, 6.07) is 12.4. The lowest BCUT2D eigenvalue weighted by molar-refractivity contribution is -0.121. The van der Waals surface area contributed by atoms with Gasteiger partial charge in [-0.2, -0.15) is 0 Å². The molecule has 0 unspecified atom stereocenters. The molecule has 0 radical (unpaired) electrons. The van der Waals surface area contributed by atoms with Crippen LogP contribution in [0.4, 0.5) is 4.39 Å². The Morgan fingerprint density at radius 2 is 1.55 bits per heavy atom. The Morgan fingerprint density at radius 3 is 2.14 bits per heavy atom. The molecule has 0 bridgehead atoms. The zero-order chi connectivity index (χ0) is 15.9. The molecule has 0 spiro atoms. The van der Waals surface area contributed by atoms with Crippen molar-refractivity contribution in [2.45, 2.75) is 19.4 Å². The summed E-state index contributed by atoms with van der Waals surface area (Å²) in [6.07, 6.45) is 0.864. The van der Waals surface area contributed by atoms with Crippen molar-refractivity contribution in [1.29, 1.82) is 0 Å². The summed E-state index contributed by atoms with van der Waals surface area (Å²) in [5, 5.41) is 11.6. The van der Waals surface area contributed by atoms with Crippen LogP contribution in [0.15, 0.2) is 48.5 Å². The van der Waals surface area contributed by atoms with E-state index in [0.717, 1.165) is 11.1 Å². The Labute approximate surface area is 127 Å². The fourth-order valence-electron chi connectivity index (χ4n) is 1.96. The van der Waals surface area contributed by atoms with Crippen molar-refractivity contribution in [3.8, 4) is 0 Å². The SMILES string of the molecule is O=C(CCc1ccc(F)cc1)NCc1ccc(C(=O)O)cc1. The minimum atomic E-state index is -0.977. The van der Waals surface area contributed by atoms with Crippen LogP contribution >= 0.6 is 0 Å². The van der Waals surface area contributed by atoms with Crippen molar-refractivity contribution in [1.82, 2.24) is 5.32 Å². The predicted molar refractivity (Wildman–Crippen MR) is 80.0 cm³/mol. The number of halogens is 1. The fraction of sp³-hybridized carbons (Fsp3) is 0.176. The van der Waals surface area contributed by atoms with Crippen LogP contribution in [0, 0.1) is 5.82 Å². The number of nitrogens with one attached hydrogen (secondary N) is 1. The zero-order valence-electron chi connectivity index (χ0n) is 11.9. The first kappa shape index (κ1) is 15.7. The molecule has 2 aromatic rings. The summed E-state index contributed by atoms with van der Waals surface area (Å²) in [5.74, 6) is -1.38. The average Bonchev–Trinajstić information content (AvgIpc) is 2.52. The number of carboxylic acids is 1. The van der Waals surface area contributed by atoms with E-state index < -0.39 is 5.97 Å². The minimum absolute atomic E-state index is 0.105. The number of carbonyl (C=O) groups excluding carboxylic acids is 1. The zero-order valence-corrected chi connectivity index (χ0v) is 11.9. The Bertz CT molecular complexity index is 651. The van der Waals surface area contributed by atoms with Crippen LogP contribution in [0.2, 0.25) is 0 Å². The van der Waals surface area contributed by atoms with Gasteiger partial charge in [-0.3, -0.25) is 4.79 Å². The highest BCUT2D eigenvalue weighted by Gasteiger charge is 2.04. The number of hydrogen-bond acceptors (Lipinski definition) is 2. The second kappa shape index (κ2) is 7.36. The van der Waals surface area contributed by atoms with Crippen molar-refractivity contribution < 1.29 is 19.1 Å². The minimum Gasteiger partial charge on any atom is -0.478 e. The third kappa shape index (κ3) is 4.70. The molecule has 0 saturated heterocycles. The molecule has 2 rings (SSSR count). The molecule has 2 N–H and O–H groups in total. The van der Waals surface area contributed by atoms with Crippen molar-refractivity contribution in [2.75, 3.05) is 0 Å². The summed E-state index contributed by atoms with van der Waals surface area (Å²) in [5.41, 5.74) is 1.95. The molecule has 0 saturated carbocycles. The largest absolute Gasteiger partial charge is 0.478 e. The van der Waals surface area contributed by atoms with E-state index in [9.17, 15) is 14.0 Å². The molecule has 0 heterocycles. The smallest absolute Gasteiger partial charge is 0.335 e. The standard InChI is InChI=1S/C17H16FNO3/c18-15-8-3-12(4-9-15)5-10-16(20)19-11-13-1-6-14(7-2-13)17(21)22/h1-4,6-9H,5,10-11H2,(H,19,20)(H,21,22). The van der Waals surface area contributed by atoms with E-state index in [1.807, 2.05) is 0 Å². The van der Waals surface area contributed by atoms with Crippen LogP contribution in [0.25, 0.3) is 0 Å². The summed E-state index contributed by atoms with van der Waals surface area (Å²) in [6.45, 7) is 0.349. The van der Waals surface area contributed by atoms with Gasteiger partial charge in [0.1, 0.15) is 5.82 Å². The number of benzene rings is 2. The van der Waals surface area contributed by atoms with E-state index in [1.165, 1.54) is 24.3 Å². The van der Waals surface area contributed by atoms with E-state index in [1.54, 1.807) is 24.3 Å². The summed E-state index contributed by atoms with van der Waals surface area (Å²) in [4.78, 5) is 22.5. The van der Waals surface area contributed by atoms with Crippen LogP contribution in [-0.2, 0) is 17.8 Å². The van der Waals surface area contributed by atoms with Crippen LogP contribution in [0.3, 0.4) is 0 Å². The molecule has 0 aromatic heterocycles. The molecule has 22 heavy (non-hydrogen) atoms. The van der Waals surface area contributed by atoms with Crippen molar-refractivity contribution >= 4 is 11.9 Å². The van der Waals surface area contributed by atoms with E-state index in [-0.39, 0.29) is 17.3 Å². The van der Waals surface area contributed by atoms with Gasteiger partial charge in [0.2, 0.25) is 5.91 Å². The normalized spacial score (nSPS) is 10.2. The molecule has 0 aliphatic heterocycles. The molecular formula is C17H16FNO3. The lowest BCUT2D eigenvalue weighted by atomic mass is 10.1. The van der Waals surface area contributed by atoms with E-state index in [0.29, 0.717) is 19.4 Å². The van der Waals surface area contributed by atoms with Crippen LogP contribution < -0.4 is 5.32 Å². The first-order chi connectivity index (χ1) is 10.5. The van der Waals surface area contributed by atoms with Gasteiger partial charge < -0.3 is 10.4 Å². The first-order valence-corrected chi connectivity index (χ1v) is 6.88. The van der Waals surface area contributed by atoms with E-state index in [4.69, 9.17) is 5.11 Å². The lowest BCUT2D eigenvalue weighted by Gasteiger charge is -2.06. The van der Waals surface area contributed by atoms with Crippen molar-refractivity contribution in [2.24, 2.45) is 0 Å². The third-order valence-electron chi connectivity index (χ3n) is 3.24. The van der Waals surface area contributed by atoms with Crippen molar-refractivity contribution in [3.63, 3.8) is 0 Å². The van der Waals surface area contributed by atoms with E-state index in [2.05, 4.69) is 5.32 Å². The molecule has 4 nitrogen and oxygen atoms in total. The topological polar surface area (TPSA) is 66.4 Å². The van der Waals surface area contributed by atoms with Gasteiger partial charge in [0.15, 0.2) is 0 Å². The highest BCUT2D eigenvalue weighted by atomic mass is 19.1. The molecule has 2 aromatic carbocycles. The van der Waals surface area contributed by atoms with Gasteiger partial charge in [0.25, 0.3) is 0 Å². The molecule has 0 atom stereocenters. The maximum atomic E-state index is 12.8. The maximum Gasteiger partial charge on any atom is 0.335 e. The Balaban J connectivity index is 1.77. The van der Waals surface area contributed by atoms with Crippen molar-refractivity contribution in [3.05, 3.63) is 71.0 Å². The monoisotopic (exact) mass is 301 g/mol. The van der Waals surface area contributed by atoms with Crippen LogP contribution in [-0.4, -0.2) is 17.0 Å². The van der Waals surface area contributed by atoms with Crippen LogP contribution in [0.1, 0.15) is 27.9 Å². The number of aromatic carboxylic acids is 1. The van der Waals surface area contributed by atoms with Gasteiger partial charge >= 0.3 is 5.97 Å². The molecule has 0 aliphatic carbocycles. The third-order valence-corrected chi connectivity index (χ3v) is 3.24. The summed E-state index contributed by atoms with van der Waals surface area (Å²) < 4.78 is 12.8. The Morgan fingerprint density at radius 1 is 0.955 bits per heavy atom. The van der Waals surface area contributed by atoms with Gasteiger partial charge in [0.05, 0.1) is 5.56 Å². The number of amides is 1. The number of rotatable bonds is 6. The Hall–Kier alpha value is -2.69. The maximum absolute atomic E-state index is 12.8. The number of hydrogen-bond donors (Lipinski definition) is 2. The average molecular weight is 301 g/mol. The number of carbonyl (C=O) groups is 2. The second-order valence-corrected chi connectivity index (χ2v) is 4.91. The van der Waals surface area contributed by atoms with Gasteiger partial charge in [0, 0.05) is 13.0 Å². The van der Waals surface area contributed by atoms with Gasteiger partial charge in [-0.05, 0) is 41.8 Å². The first-order valence-electron chi connectivity index (χ1n) is 6.88. The molecule has 0 aliphatic rings. The molecular weight excluding hydrogens is 285 g/mol.